The van der Waals surface area contributed by atoms with Crippen LogP contribution in [-0.2, 0) is 9.59 Å². The second kappa shape index (κ2) is 5.57. The van der Waals surface area contributed by atoms with E-state index in [1.54, 1.807) is 30.3 Å². The van der Waals surface area contributed by atoms with Gasteiger partial charge >= 0.3 is 5.97 Å². The molecule has 19 heavy (non-hydrogen) atoms. The number of aliphatic carboxylic acids is 1. The average molecular weight is 279 g/mol. The summed E-state index contributed by atoms with van der Waals surface area (Å²) < 4.78 is 5.02. The van der Waals surface area contributed by atoms with Crippen molar-refractivity contribution >= 4 is 35.0 Å². The standard InChI is InChI=1S/C12H9NO5S/c14-10(15)6-18-8-3-1-2-7(4-8)5-9-11(16)13-12(17)19-9/h1-5H,6H2,(H,14,15)(H,13,16,17)/b9-5-. The van der Waals surface area contributed by atoms with Crippen molar-refractivity contribution in [3.63, 3.8) is 0 Å². The molecule has 1 saturated heterocycles. The maximum absolute atomic E-state index is 11.4. The SMILES string of the molecule is O=C(O)COc1cccc(/C=C2\SC(=O)NC2=O)c1. The Bertz CT molecular complexity index is 581. The fourth-order valence-corrected chi connectivity index (χ4v) is 2.09. The molecule has 1 aliphatic rings. The maximum atomic E-state index is 11.4. The molecule has 0 aromatic heterocycles. The first-order valence-corrected chi connectivity index (χ1v) is 6.06. The highest BCUT2D eigenvalue weighted by atomic mass is 32.2. The summed E-state index contributed by atoms with van der Waals surface area (Å²) in [5.74, 6) is -1.13. The van der Waals surface area contributed by atoms with Crippen LogP contribution in [0.3, 0.4) is 0 Å². The highest BCUT2D eigenvalue weighted by Gasteiger charge is 2.24. The molecular formula is C12H9NO5S. The third-order valence-electron chi connectivity index (χ3n) is 2.16. The molecule has 0 saturated carbocycles. The Morgan fingerprint density at radius 3 is 2.84 bits per heavy atom. The Hall–Kier alpha value is -2.28. The second-order valence-corrected chi connectivity index (χ2v) is 4.62. The first kappa shape index (κ1) is 13.2. The number of benzene rings is 1. The maximum Gasteiger partial charge on any atom is 0.341 e. The van der Waals surface area contributed by atoms with Crippen LogP contribution in [0.5, 0.6) is 5.75 Å². The lowest BCUT2D eigenvalue weighted by atomic mass is 10.2. The van der Waals surface area contributed by atoms with Crippen molar-refractivity contribution in [2.45, 2.75) is 0 Å². The molecule has 0 radical (unpaired) electrons. The van der Waals surface area contributed by atoms with Crippen LogP contribution in [0.1, 0.15) is 5.56 Å². The minimum atomic E-state index is -1.07. The zero-order chi connectivity index (χ0) is 13.8. The van der Waals surface area contributed by atoms with Crippen LogP contribution in [0.4, 0.5) is 4.79 Å². The van der Waals surface area contributed by atoms with Crippen molar-refractivity contribution in [2.75, 3.05) is 6.61 Å². The van der Waals surface area contributed by atoms with Gasteiger partial charge < -0.3 is 9.84 Å². The number of rotatable bonds is 4. The van der Waals surface area contributed by atoms with E-state index in [2.05, 4.69) is 5.32 Å². The molecule has 0 bridgehead atoms. The topological polar surface area (TPSA) is 92.7 Å². The van der Waals surface area contributed by atoms with Gasteiger partial charge in [0.25, 0.3) is 11.1 Å². The Balaban J connectivity index is 2.15. The van der Waals surface area contributed by atoms with E-state index < -0.39 is 23.7 Å². The number of nitrogens with one attached hydrogen (secondary N) is 1. The number of carbonyl (C=O) groups excluding carboxylic acids is 2. The molecule has 0 aliphatic carbocycles. The molecule has 1 heterocycles. The number of hydrogen-bond donors (Lipinski definition) is 2. The molecular weight excluding hydrogens is 270 g/mol. The first-order valence-electron chi connectivity index (χ1n) is 5.24. The lowest BCUT2D eigenvalue weighted by Gasteiger charge is -2.03. The van der Waals surface area contributed by atoms with E-state index in [1.165, 1.54) is 0 Å². The third-order valence-corrected chi connectivity index (χ3v) is 2.97. The summed E-state index contributed by atoms with van der Waals surface area (Å²) in [6.07, 6.45) is 1.54. The molecule has 1 aliphatic heterocycles. The second-order valence-electron chi connectivity index (χ2n) is 3.61. The highest BCUT2D eigenvalue weighted by Crippen LogP contribution is 2.26. The molecule has 2 amide bonds. The van der Waals surface area contributed by atoms with Gasteiger partial charge in [0.2, 0.25) is 0 Å². The smallest absolute Gasteiger partial charge is 0.341 e. The molecule has 98 valence electrons. The van der Waals surface area contributed by atoms with Gasteiger partial charge in [-0.05, 0) is 35.5 Å². The van der Waals surface area contributed by atoms with E-state index in [0.717, 1.165) is 11.8 Å². The number of carbonyl (C=O) groups is 3. The molecule has 0 unspecified atom stereocenters. The Morgan fingerprint density at radius 1 is 1.42 bits per heavy atom. The van der Waals surface area contributed by atoms with Crippen molar-refractivity contribution in [2.24, 2.45) is 0 Å². The van der Waals surface area contributed by atoms with Crippen molar-refractivity contribution < 1.29 is 24.2 Å². The van der Waals surface area contributed by atoms with Crippen LogP contribution >= 0.6 is 11.8 Å². The fraction of sp³-hybridized carbons (Fsp3) is 0.0833. The molecule has 7 heteroatoms. The van der Waals surface area contributed by atoms with Gasteiger partial charge in [-0.1, -0.05) is 12.1 Å². The van der Waals surface area contributed by atoms with E-state index in [1.807, 2.05) is 0 Å². The predicted octanol–water partition coefficient (Wildman–Crippen LogP) is 1.47. The lowest BCUT2D eigenvalue weighted by molar-refractivity contribution is -0.139. The van der Waals surface area contributed by atoms with Crippen LogP contribution in [0.25, 0.3) is 6.08 Å². The van der Waals surface area contributed by atoms with Gasteiger partial charge in [0.1, 0.15) is 5.75 Å². The van der Waals surface area contributed by atoms with Crippen molar-refractivity contribution in [1.29, 1.82) is 0 Å². The van der Waals surface area contributed by atoms with E-state index in [0.29, 0.717) is 16.2 Å². The summed E-state index contributed by atoms with van der Waals surface area (Å²) >= 11 is 0.819. The summed E-state index contributed by atoms with van der Waals surface area (Å²) in [6.45, 7) is -0.437. The van der Waals surface area contributed by atoms with Gasteiger partial charge in [0, 0.05) is 0 Å². The normalized spacial score (nSPS) is 16.5. The van der Waals surface area contributed by atoms with Crippen LogP contribution in [0.2, 0.25) is 0 Å². The molecule has 1 aromatic carbocycles. The van der Waals surface area contributed by atoms with Gasteiger partial charge in [-0.25, -0.2) is 4.79 Å². The zero-order valence-electron chi connectivity index (χ0n) is 9.58. The van der Waals surface area contributed by atoms with Crippen molar-refractivity contribution in [3.8, 4) is 5.75 Å². The Morgan fingerprint density at radius 2 is 2.21 bits per heavy atom. The molecule has 1 aromatic rings. The molecule has 1 fully saturated rings. The van der Waals surface area contributed by atoms with Crippen molar-refractivity contribution in [1.82, 2.24) is 5.32 Å². The Kier molecular flexibility index (Phi) is 3.86. The Labute approximate surface area is 112 Å². The summed E-state index contributed by atoms with van der Waals surface area (Å²) in [5, 5.41) is 10.2. The number of carboxylic acid groups (broad SMARTS) is 1. The van der Waals surface area contributed by atoms with Crippen molar-refractivity contribution in [3.05, 3.63) is 34.7 Å². The monoisotopic (exact) mass is 279 g/mol. The summed E-state index contributed by atoms with van der Waals surface area (Å²) in [6, 6.07) is 6.59. The highest BCUT2D eigenvalue weighted by molar-refractivity contribution is 8.18. The largest absolute Gasteiger partial charge is 0.482 e. The summed E-state index contributed by atoms with van der Waals surface area (Å²) in [5.41, 5.74) is 0.648. The minimum absolute atomic E-state index is 0.292. The van der Waals surface area contributed by atoms with Gasteiger partial charge in [0.15, 0.2) is 6.61 Å². The lowest BCUT2D eigenvalue weighted by Crippen LogP contribution is -2.17. The number of imide groups is 1. The number of hydrogen-bond acceptors (Lipinski definition) is 5. The molecule has 2 N–H and O–H groups in total. The van der Waals surface area contributed by atoms with Gasteiger partial charge in [-0.3, -0.25) is 14.9 Å². The van der Waals surface area contributed by atoms with E-state index in [4.69, 9.17) is 9.84 Å². The van der Waals surface area contributed by atoms with E-state index in [-0.39, 0.29) is 0 Å². The number of carboxylic acids is 1. The van der Waals surface area contributed by atoms with Gasteiger partial charge in [-0.15, -0.1) is 0 Å². The fourth-order valence-electron chi connectivity index (χ4n) is 1.41. The molecule has 2 rings (SSSR count). The number of thioether (sulfide) groups is 1. The van der Waals surface area contributed by atoms with Gasteiger partial charge in [-0.2, -0.15) is 0 Å². The summed E-state index contributed by atoms with van der Waals surface area (Å²) in [7, 11) is 0. The van der Waals surface area contributed by atoms with Crippen LogP contribution in [-0.4, -0.2) is 28.8 Å². The predicted molar refractivity (Wildman–Crippen MR) is 68.7 cm³/mol. The molecule has 0 atom stereocenters. The summed E-state index contributed by atoms with van der Waals surface area (Å²) in [4.78, 5) is 33.0. The zero-order valence-corrected chi connectivity index (χ0v) is 10.4. The van der Waals surface area contributed by atoms with Crippen LogP contribution in [0.15, 0.2) is 29.2 Å². The quantitative estimate of drug-likeness (QED) is 0.811. The average Bonchev–Trinajstić information content (AvgIpc) is 2.66. The minimum Gasteiger partial charge on any atom is -0.482 e. The number of amides is 2. The third kappa shape index (κ3) is 3.59. The van der Waals surface area contributed by atoms with E-state index >= 15 is 0 Å². The van der Waals surface area contributed by atoms with Crippen LogP contribution in [0, 0.1) is 0 Å². The molecule has 0 spiro atoms. The van der Waals surface area contributed by atoms with E-state index in [9.17, 15) is 14.4 Å². The van der Waals surface area contributed by atoms with Crippen LogP contribution < -0.4 is 10.1 Å². The molecule has 6 nitrogen and oxygen atoms in total. The number of ether oxygens (including phenoxy) is 1. The van der Waals surface area contributed by atoms with Gasteiger partial charge in [0.05, 0.1) is 4.91 Å². The first-order chi connectivity index (χ1) is 9.04.